The quantitative estimate of drug-likeness (QED) is 0.359. The summed E-state index contributed by atoms with van der Waals surface area (Å²) >= 11 is 0. The summed E-state index contributed by atoms with van der Waals surface area (Å²) in [5.41, 5.74) is 0.388. The Labute approximate surface area is 62.5 Å². The first-order valence-electron chi connectivity index (χ1n) is 2.78. The molecule has 0 saturated carbocycles. The largest absolute Gasteiger partial charge is 0.466 e. The summed E-state index contributed by atoms with van der Waals surface area (Å²) in [5.74, 6) is 0. The normalized spacial score (nSPS) is 10.3. The van der Waals surface area contributed by atoms with E-state index in [1.807, 2.05) is 0 Å². The zero-order valence-corrected chi connectivity index (χ0v) is 5.80. The summed E-state index contributed by atoms with van der Waals surface area (Å²) in [7, 11) is 1.43. The Morgan fingerprint density at radius 3 is 3.18 bits per heavy atom. The molecule has 0 aliphatic rings. The third-order valence-electron chi connectivity index (χ3n) is 0.931. The minimum atomic E-state index is 0.141. The number of aromatic nitrogens is 3. The zero-order chi connectivity index (χ0) is 8.10. The minimum Gasteiger partial charge on any atom is -0.466 e. The van der Waals surface area contributed by atoms with Crippen molar-refractivity contribution in [2.75, 3.05) is 7.11 Å². The molecule has 1 aromatic heterocycles. The van der Waals surface area contributed by atoms with Crippen LogP contribution in [0.5, 0.6) is 6.01 Å². The second-order valence-corrected chi connectivity index (χ2v) is 1.61. The summed E-state index contributed by atoms with van der Waals surface area (Å²) in [5, 5.41) is 17.9. The molecule has 0 bridgehead atoms. The van der Waals surface area contributed by atoms with Gasteiger partial charge in [-0.25, -0.2) is 0 Å². The van der Waals surface area contributed by atoms with Crippen molar-refractivity contribution in [3.8, 4) is 6.01 Å². The second-order valence-electron chi connectivity index (χ2n) is 1.61. The van der Waals surface area contributed by atoms with Gasteiger partial charge in [-0.1, -0.05) is 10.3 Å². The molecule has 0 aliphatic heterocycles. The molecule has 0 fully saturated rings. The van der Waals surface area contributed by atoms with Crippen molar-refractivity contribution < 1.29 is 9.94 Å². The Kier molecular flexibility index (Phi) is 2.32. The van der Waals surface area contributed by atoms with Crippen molar-refractivity contribution in [1.29, 1.82) is 0 Å². The van der Waals surface area contributed by atoms with Crippen LogP contribution in [0.1, 0.15) is 5.69 Å². The lowest BCUT2D eigenvalue weighted by molar-refractivity contribution is 0.321. The molecule has 0 spiro atoms. The summed E-state index contributed by atoms with van der Waals surface area (Å²) in [6.45, 7) is 0. The second kappa shape index (κ2) is 3.45. The van der Waals surface area contributed by atoms with E-state index >= 15 is 0 Å². The van der Waals surface area contributed by atoms with Gasteiger partial charge in [-0.3, -0.25) is 0 Å². The Morgan fingerprint density at radius 1 is 1.73 bits per heavy atom. The first-order chi connectivity index (χ1) is 5.36. The van der Waals surface area contributed by atoms with Crippen LogP contribution >= 0.6 is 0 Å². The maximum atomic E-state index is 8.12. The van der Waals surface area contributed by atoms with Gasteiger partial charge in [0, 0.05) is 0 Å². The van der Waals surface area contributed by atoms with Gasteiger partial charge < -0.3 is 9.94 Å². The first-order valence-corrected chi connectivity index (χ1v) is 2.78. The topological polar surface area (TPSA) is 80.5 Å². The summed E-state index contributed by atoms with van der Waals surface area (Å²) < 4.78 is 4.67. The van der Waals surface area contributed by atoms with E-state index in [-0.39, 0.29) is 6.01 Å². The van der Waals surface area contributed by atoms with E-state index in [4.69, 9.17) is 5.21 Å². The smallest absolute Gasteiger partial charge is 0.335 e. The van der Waals surface area contributed by atoms with Crippen LogP contribution in [0.3, 0.4) is 0 Å². The predicted octanol–water partition coefficient (Wildman–Crippen LogP) is -0.312. The lowest BCUT2D eigenvalue weighted by atomic mass is 10.5. The average molecular weight is 154 g/mol. The SMILES string of the molecule is COc1nncc(/C=N/O)n1. The third-order valence-corrected chi connectivity index (χ3v) is 0.931. The Balaban J connectivity index is 2.91. The van der Waals surface area contributed by atoms with E-state index in [1.165, 1.54) is 13.3 Å². The van der Waals surface area contributed by atoms with Crippen LogP contribution in [0.25, 0.3) is 0 Å². The van der Waals surface area contributed by atoms with Crippen LogP contribution in [0, 0.1) is 0 Å². The van der Waals surface area contributed by atoms with Gasteiger partial charge in [-0.05, 0) is 0 Å². The van der Waals surface area contributed by atoms with Crippen LogP contribution < -0.4 is 4.74 Å². The van der Waals surface area contributed by atoms with Crippen LogP contribution in [0.4, 0.5) is 0 Å². The van der Waals surface area contributed by atoms with Crippen LogP contribution in [0.2, 0.25) is 0 Å². The van der Waals surface area contributed by atoms with Gasteiger partial charge in [0.05, 0.1) is 19.5 Å². The number of hydrogen-bond donors (Lipinski definition) is 1. The molecule has 0 unspecified atom stereocenters. The van der Waals surface area contributed by atoms with Gasteiger partial charge in [-0.15, -0.1) is 0 Å². The van der Waals surface area contributed by atoms with Crippen molar-refractivity contribution >= 4 is 6.21 Å². The first kappa shape index (κ1) is 7.39. The Hall–Kier alpha value is -1.72. The van der Waals surface area contributed by atoms with E-state index in [0.29, 0.717) is 5.69 Å². The maximum absolute atomic E-state index is 8.12. The van der Waals surface area contributed by atoms with Gasteiger partial charge >= 0.3 is 6.01 Å². The van der Waals surface area contributed by atoms with Crippen LogP contribution in [-0.2, 0) is 0 Å². The summed E-state index contributed by atoms with van der Waals surface area (Å²) in [6, 6.07) is 0.141. The van der Waals surface area contributed by atoms with E-state index in [2.05, 4.69) is 25.1 Å². The summed E-state index contributed by atoms with van der Waals surface area (Å²) in [4.78, 5) is 3.78. The standard InChI is InChI=1S/C5H6N4O2/c1-11-5-8-4(3-7-10)2-6-9-5/h2-3,10H,1H3/b7-3+. The van der Waals surface area contributed by atoms with E-state index < -0.39 is 0 Å². The van der Waals surface area contributed by atoms with Crippen LogP contribution in [0.15, 0.2) is 11.4 Å². The molecule has 58 valence electrons. The number of rotatable bonds is 2. The predicted molar refractivity (Wildman–Crippen MR) is 35.8 cm³/mol. The molecule has 1 heterocycles. The molecular formula is C5H6N4O2. The number of hydrogen-bond acceptors (Lipinski definition) is 6. The fourth-order valence-corrected chi connectivity index (χ4v) is 0.507. The Morgan fingerprint density at radius 2 is 2.55 bits per heavy atom. The van der Waals surface area contributed by atoms with Gasteiger partial charge in [0.25, 0.3) is 0 Å². The molecule has 1 aromatic rings. The van der Waals surface area contributed by atoms with E-state index in [0.717, 1.165) is 6.21 Å². The van der Waals surface area contributed by atoms with Gasteiger partial charge in [0.1, 0.15) is 5.69 Å². The molecule has 0 saturated heterocycles. The third kappa shape index (κ3) is 1.85. The zero-order valence-electron chi connectivity index (χ0n) is 5.80. The fourth-order valence-electron chi connectivity index (χ4n) is 0.507. The highest BCUT2D eigenvalue weighted by Crippen LogP contribution is 1.96. The highest BCUT2D eigenvalue weighted by molar-refractivity contribution is 5.75. The monoisotopic (exact) mass is 154 g/mol. The van der Waals surface area contributed by atoms with Crippen molar-refractivity contribution in [1.82, 2.24) is 15.2 Å². The molecule has 0 atom stereocenters. The van der Waals surface area contributed by atoms with Crippen molar-refractivity contribution in [3.63, 3.8) is 0 Å². The van der Waals surface area contributed by atoms with Crippen molar-refractivity contribution in [2.45, 2.75) is 0 Å². The van der Waals surface area contributed by atoms with Gasteiger partial charge in [-0.2, -0.15) is 10.1 Å². The number of methoxy groups -OCH3 is 1. The maximum Gasteiger partial charge on any atom is 0.335 e. The number of nitrogens with zero attached hydrogens (tertiary/aromatic N) is 4. The fraction of sp³-hybridized carbons (Fsp3) is 0.200. The molecule has 0 amide bonds. The molecular weight excluding hydrogens is 148 g/mol. The van der Waals surface area contributed by atoms with E-state index in [1.54, 1.807) is 0 Å². The van der Waals surface area contributed by atoms with Gasteiger partial charge in [0.15, 0.2) is 0 Å². The minimum absolute atomic E-state index is 0.141. The molecule has 0 aromatic carbocycles. The molecule has 6 heteroatoms. The molecule has 0 aliphatic carbocycles. The lowest BCUT2D eigenvalue weighted by Crippen LogP contribution is -1.97. The summed E-state index contributed by atoms with van der Waals surface area (Å²) in [6.07, 6.45) is 2.49. The average Bonchev–Trinajstić information content (AvgIpc) is 2.06. The molecule has 1 rings (SSSR count). The molecule has 6 nitrogen and oxygen atoms in total. The molecule has 0 radical (unpaired) electrons. The molecule has 11 heavy (non-hydrogen) atoms. The highest BCUT2D eigenvalue weighted by atomic mass is 16.5. The van der Waals surface area contributed by atoms with E-state index in [9.17, 15) is 0 Å². The highest BCUT2D eigenvalue weighted by Gasteiger charge is 1.95. The lowest BCUT2D eigenvalue weighted by Gasteiger charge is -1.94. The number of ether oxygens (including phenoxy) is 1. The number of oxime groups is 1. The van der Waals surface area contributed by atoms with Crippen LogP contribution in [-0.4, -0.2) is 33.7 Å². The van der Waals surface area contributed by atoms with Crippen molar-refractivity contribution in [2.24, 2.45) is 5.16 Å². The molecule has 1 N–H and O–H groups in total. The van der Waals surface area contributed by atoms with Crippen molar-refractivity contribution in [3.05, 3.63) is 11.9 Å². The Bertz CT molecular complexity index is 262. The van der Waals surface area contributed by atoms with Gasteiger partial charge in [0.2, 0.25) is 0 Å².